The summed E-state index contributed by atoms with van der Waals surface area (Å²) in [5.41, 5.74) is 1.81. The van der Waals surface area contributed by atoms with Crippen LogP contribution in [0.5, 0.6) is 0 Å². The van der Waals surface area contributed by atoms with Crippen LogP contribution in [0, 0.1) is 13.8 Å². The van der Waals surface area contributed by atoms with Gasteiger partial charge >= 0.3 is 0 Å². The minimum atomic E-state index is -0.0644. The van der Waals surface area contributed by atoms with Crippen LogP contribution in [-0.2, 0) is 11.3 Å². The zero-order valence-electron chi connectivity index (χ0n) is 9.78. The fourth-order valence-electron chi connectivity index (χ4n) is 1.62. The molecule has 1 amide bonds. The molecule has 2 N–H and O–H groups in total. The average Bonchev–Trinajstić information content (AvgIpc) is 2.87. The highest BCUT2D eigenvalue weighted by Crippen LogP contribution is 2.13. The second-order valence-corrected chi connectivity index (χ2v) is 4.82. The molecule has 2 heterocycles. The number of aryl methyl sites for hydroxylation is 2. The van der Waals surface area contributed by atoms with Crippen LogP contribution in [0.1, 0.15) is 17.0 Å². The monoisotopic (exact) mass is 277 g/mol. The fraction of sp³-hybridized carbons (Fsp3) is 0.600. The standard InChI is InChI=1S/C10H15N3O2S.ClH/c1-6-8(7(2)15-13-6)3-11-10(14)9-4-16-5-12-9;/h9,12H,3-5H2,1-2H3,(H,11,14);1H. The number of thioether (sulfide) groups is 1. The lowest BCUT2D eigenvalue weighted by atomic mass is 10.2. The lowest BCUT2D eigenvalue weighted by molar-refractivity contribution is -0.122. The first-order chi connectivity index (χ1) is 7.68. The van der Waals surface area contributed by atoms with Crippen molar-refractivity contribution in [3.8, 4) is 0 Å². The Balaban J connectivity index is 0.00000144. The molecule has 0 spiro atoms. The zero-order chi connectivity index (χ0) is 11.5. The molecule has 0 saturated carbocycles. The van der Waals surface area contributed by atoms with E-state index >= 15 is 0 Å². The summed E-state index contributed by atoms with van der Waals surface area (Å²) in [4.78, 5) is 11.7. The minimum Gasteiger partial charge on any atom is -0.361 e. The number of nitrogens with one attached hydrogen (secondary N) is 2. The van der Waals surface area contributed by atoms with Crippen LogP contribution >= 0.6 is 24.2 Å². The lowest BCUT2D eigenvalue weighted by Gasteiger charge is -2.09. The highest BCUT2D eigenvalue weighted by molar-refractivity contribution is 7.99. The maximum Gasteiger partial charge on any atom is 0.238 e. The van der Waals surface area contributed by atoms with Crippen LogP contribution in [0.25, 0.3) is 0 Å². The Kier molecular flexibility index (Phi) is 5.30. The molecule has 0 bridgehead atoms. The zero-order valence-corrected chi connectivity index (χ0v) is 11.4. The predicted molar refractivity (Wildman–Crippen MR) is 69.3 cm³/mol. The third kappa shape index (κ3) is 3.37. The number of aromatic nitrogens is 1. The normalized spacial score (nSPS) is 18.8. The van der Waals surface area contributed by atoms with E-state index in [1.165, 1.54) is 0 Å². The molecular weight excluding hydrogens is 262 g/mol. The molecule has 1 fully saturated rings. The van der Waals surface area contributed by atoms with Crippen LogP contribution in [0.4, 0.5) is 0 Å². The van der Waals surface area contributed by atoms with Gasteiger partial charge < -0.3 is 9.84 Å². The van der Waals surface area contributed by atoms with Crippen LogP contribution in [0.3, 0.4) is 0 Å². The van der Waals surface area contributed by atoms with Crippen LogP contribution in [0.2, 0.25) is 0 Å². The first kappa shape index (κ1) is 14.3. The van der Waals surface area contributed by atoms with E-state index in [0.29, 0.717) is 6.54 Å². The maximum absolute atomic E-state index is 11.7. The van der Waals surface area contributed by atoms with Gasteiger partial charge in [-0.3, -0.25) is 10.1 Å². The molecule has 1 aromatic rings. The summed E-state index contributed by atoms with van der Waals surface area (Å²) in [5, 5.41) is 9.87. The third-order valence-electron chi connectivity index (χ3n) is 2.65. The van der Waals surface area contributed by atoms with E-state index in [1.54, 1.807) is 11.8 Å². The lowest BCUT2D eigenvalue weighted by Crippen LogP contribution is -2.41. The molecule has 0 aliphatic carbocycles. The Morgan fingerprint density at radius 2 is 2.41 bits per heavy atom. The molecule has 1 saturated heterocycles. The van der Waals surface area contributed by atoms with Gasteiger partial charge in [0.25, 0.3) is 0 Å². The summed E-state index contributed by atoms with van der Waals surface area (Å²) < 4.78 is 5.03. The van der Waals surface area contributed by atoms with E-state index in [2.05, 4.69) is 15.8 Å². The molecule has 1 aliphatic rings. The largest absolute Gasteiger partial charge is 0.361 e. The number of carbonyl (C=O) groups excluding carboxylic acids is 1. The van der Waals surface area contributed by atoms with E-state index in [9.17, 15) is 4.79 Å². The van der Waals surface area contributed by atoms with Crippen molar-refractivity contribution in [3.63, 3.8) is 0 Å². The molecule has 1 aliphatic heterocycles. The Morgan fingerprint density at radius 3 is 2.94 bits per heavy atom. The number of halogens is 1. The smallest absolute Gasteiger partial charge is 0.238 e. The summed E-state index contributed by atoms with van der Waals surface area (Å²) >= 11 is 1.74. The summed E-state index contributed by atoms with van der Waals surface area (Å²) in [6.45, 7) is 4.22. The second-order valence-electron chi connectivity index (χ2n) is 3.79. The molecule has 1 atom stereocenters. The average molecular weight is 278 g/mol. The summed E-state index contributed by atoms with van der Waals surface area (Å²) in [5.74, 6) is 2.51. The van der Waals surface area contributed by atoms with Gasteiger partial charge in [0.15, 0.2) is 0 Å². The molecule has 17 heavy (non-hydrogen) atoms. The molecule has 0 radical (unpaired) electrons. The molecule has 5 nitrogen and oxygen atoms in total. The first-order valence-corrected chi connectivity index (χ1v) is 6.34. The maximum atomic E-state index is 11.7. The highest BCUT2D eigenvalue weighted by Gasteiger charge is 2.22. The van der Waals surface area contributed by atoms with Crippen LogP contribution < -0.4 is 10.6 Å². The van der Waals surface area contributed by atoms with Gasteiger partial charge in [0, 0.05) is 23.7 Å². The van der Waals surface area contributed by atoms with Crippen LogP contribution in [-0.4, -0.2) is 28.7 Å². The van der Waals surface area contributed by atoms with E-state index in [4.69, 9.17) is 4.52 Å². The number of rotatable bonds is 3. The first-order valence-electron chi connectivity index (χ1n) is 5.19. The molecule has 2 rings (SSSR count). The summed E-state index contributed by atoms with van der Waals surface area (Å²) in [6.07, 6.45) is 0. The van der Waals surface area contributed by atoms with E-state index in [-0.39, 0.29) is 24.4 Å². The molecule has 1 unspecified atom stereocenters. The quantitative estimate of drug-likeness (QED) is 0.863. The van der Waals surface area contributed by atoms with Crippen molar-refractivity contribution >= 4 is 30.1 Å². The van der Waals surface area contributed by atoms with Crippen molar-refractivity contribution < 1.29 is 9.32 Å². The number of hydrogen-bond acceptors (Lipinski definition) is 5. The molecular formula is C10H16ClN3O2S. The SMILES string of the molecule is Cc1noc(C)c1CNC(=O)C1CSCN1.Cl. The van der Waals surface area contributed by atoms with Crippen LogP contribution in [0.15, 0.2) is 4.52 Å². The third-order valence-corrected chi connectivity index (χ3v) is 3.59. The number of amides is 1. The van der Waals surface area contributed by atoms with Gasteiger partial charge in [-0.15, -0.1) is 24.2 Å². The molecule has 1 aromatic heterocycles. The second kappa shape index (κ2) is 6.28. The van der Waals surface area contributed by atoms with Crippen molar-refractivity contribution in [1.82, 2.24) is 15.8 Å². The fourth-order valence-corrected chi connectivity index (χ4v) is 2.56. The van der Waals surface area contributed by atoms with Crippen molar-refractivity contribution in [3.05, 3.63) is 17.0 Å². The Labute approximate surface area is 110 Å². The topological polar surface area (TPSA) is 67.2 Å². The Morgan fingerprint density at radius 1 is 1.65 bits per heavy atom. The molecule has 96 valence electrons. The van der Waals surface area contributed by atoms with Gasteiger partial charge in [0.05, 0.1) is 11.7 Å². The predicted octanol–water partition coefficient (Wildman–Crippen LogP) is 0.992. The minimum absolute atomic E-state index is 0. The van der Waals surface area contributed by atoms with Crippen molar-refractivity contribution in [1.29, 1.82) is 0 Å². The van der Waals surface area contributed by atoms with Gasteiger partial charge in [-0.2, -0.15) is 0 Å². The highest BCUT2D eigenvalue weighted by atomic mass is 35.5. The van der Waals surface area contributed by atoms with Crippen molar-refractivity contribution in [2.75, 3.05) is 11.6 Å². The Bertz CT molecular complexity index is 371. The van der Waals surface area contributed by atoms with E-state index in [1.807, 2.05) is 13.8 Å². The van der Waals surface area contributed by atoms with Crippen molar-refractivity contribution in [2.24, 2.45) is 0 Å². The van der Waals surface area contributed by atoms with E-state index in [0.717, 1.165) is 28.6 Å². The van der Waals surface area contributed by atoms with Gasteiger partial charge in [-0.05, 0) is 13.8 Å². The van der Waals surface area contributed by atoms with Gasteiger partial charge in [-0.1, -0.05) is 5.16 Å². The number of nitrogens with zero attached hydrogens (tertiary/aromatic N) is 1. The summed E-state index contributed by atoms with van der Waals surface area (Å²) in [7, 11) is 0. The van der Waals surface area contributed by atoms with E-state index < -0.39 is 0 Å². The number of hydrogen-bond donors (Lipinski definition) is 2. The van der Waals surface area contributed by atoms with Crippen molar-refractivity contribution in [2.45, 2.75) is 26.4 Å². The summed E-state index contributed by atoms with van der Waals surface area (Å²) in [6, 6.07) is -0.0644. The molecule has 7 heteroatoms. The Hall–Kier alpha value is -0.720. The number of carbonyl (C=O) groups is 1. The van der Waals surface area contributed by atoms with Gasteiger partial charge in [0.1, 0.15) is 5.76 Å². The van der Waals surface area contributed by atoms with Gasteiger partial charge in [-0.25, -0.2) is 0 Å². The van der Waals surface area contributed by atoms with Gasteiger partial charge in [0.2, 0.25) is 5.91 Å². The molecule has 0 aromatic carbocycles.